The van der Waals surface area contributed by atoms with Crippen LogP contribution < -0.4 is 10.6 Å². The van der Waals surface area contributed by atoms with Gasteiger partial charge < -0.3 is 20.5 Å². The van der Waals surface area contributed by atoms with Crippen LogP contribution in [0.1, 0.15) is 62.5 Å². The van der Waals surface area contributed by atoms with Gasteiger partial charge in [0.2, 0.25) is 5.91 Å². The SMILES string of the molecule is CCCC[C@H](NC(=O)[C@H]1CC[C@@H](NC(=O)OCC2c3ccccc3-c3ccccc32)C1)C(=O)O. The quantitative estimate of drug-likeness (QED) is 0.508. The average molecular weight is 465 g/mol. The third-order valence-corrected chi connectivity index (χ3v) is 6.93. The normalized spacial score (nSPS) is 19.7. The van der Waals surface area contributed by atoms with Crippen molar-refractivity contribution in [2.75, 3.05) is 6.61 Å². The first-order valence-corrected chi connectivity index (χ1v) is 12.1. The number of carbonyl (C=O) groups is 3. The Labute approximate surface area is 199 Å². The highest BCUT2D eigenvalue weighted by molar-refractivity contribution is 5.85. The Bertz CT molecular complexity index is 1010. The molecule has 0 unspecified atom stereocenters. The molecule has 3 atom stereocenters. The number of carboxylic acid groups (broad SMARTS) is 1. The summed E-state index contributed by atoms with van der Waals surface area (Å²) in [5, 5.41) is 14.9. The maximum absolute atomic E-state index is 12.6. The van der Waals surface area contributed by atoms with Crippen molar-refractivity contribution < 1.29 is 24.2 Å². The van der Waals surface area contributed by atoms with Crippen molar-refractivity contribution in [2.45, 2.75) is 63.5 Å². The molecule has 4 rings (SSSR count). The predicted octanol–water partition coefficient (Wildman–Crippen LogP) is 4.45. The number of hydrogen-bond donors (Lipinski definition) is 3. The maximum Gasteiger partial charge on any atom is 0.407 e. The molecule has 0 spiro atoms. The molecule has 1 fully saturated rings. The summed E-state index contributed by atoms with van der Waals surface area (Å²) in [5.74, 6) is -1.56. The first-order valence-electron chi connectivity index (χ1n) is 12.1. The van der Waals surface area contributed by atoms with Gasteiger partial charge in [-0.2, -0.15) is 0 Å². The highest BCUT2D eigenvalue weighted by Crippen LogP contribution is 2.44. The summed E-state index contributed by atoms with van der Waals surface area (Å²) in [7, 11) is 0. The first kappa shape index (κ1) is 23.8. The lowest BCUT2D eigenvalue weighted by molar-refractivity contribution is -0.142. The number of aliphatic carboxylic acids is 1. The van der Waals surface area contributed by atoms with Crippen molar-refractivity contribution in [2.24, 2.45) is 5.92 Å². The fourth-order valence-electron chi connectivity index (χ4n) is 5.11. The molecule has 2 aliphatic carbocycles. The van der Waals surface area contributed by atoms with E-state index in [4.69, 9.17) is 4.74 Å². The summed E-state index contributed by atoms with van der Waals surface area (Å²) >= 11 is 0. The molecule has 2 amide bonds. The molecule has 2 aromatic carbocycles. The fraction of sp³-hybridized carbons (Fsp3) is 0.444. The molecule has 7 heteroatoms. The molecule has 0 bridgehead atoms. The zero-order chi connectivity index (χ0) is 24.1. The highest BCUT2D eigenvalue weighted by Gasteiger charge is 2.34. The van der Waals surface area contributed by atoms with Crippen LogP contribution in [0, 0.1) is 5.92 Å². The van der Waals surface area contributed by atoms with E-state index in [0.717, 1.165) is 24.0 Å². The van der Waals surface area contributed by atoms with Gasteiger partial charge in [0.1, 0.15) is 12.6 Å². The molecule has 0 aliphatic heterocycles. The van der Waals surface area contributed by atoms with Gasteiger partial charge in [0, 0.05) is 17.9 Å². The smallest absolute Gasteiger partial charge is 0.407 e. The zero-order valence-electron chi connectivity index (χ0n) is 19.5. The third-order valence-electron chi connectivity index (χ3n) is 6.93. The van der Waals surface area contributed by atoms with Crippen molar-refractivity contribution >= 4 is 18.0 Å². The minimum atomic E-state index is -1.01. The van der Waals surface area contributed by atoms with Gasteiger partial charge in [-0.05, 0) is 47.9 Å². The van der Waals surface area contributed by atoms with E-state index in [-0.39, 0.29) is 30.4 Å². The van der Waals surface area contributed by atoms with Crippen LogP contribution in [0.4, 0.5) is 4.79 Å². The molecule has 7 nitrogen and oxygen atoms in total. The number of carbonyl (C=O) groups excluding carboxylic acids is 2. The molecule has 0 heterocycles. The van der Waals surface area contributed by atoms with E-state index >= 15 is 0 Å². The van der Waals surface area contributed by atoms with E-state index < -0.39 is 18.1 Å². The number of hydrogen-bond acceptors (Lipinski definition) is 4. The van der Waals surface area contributed by atoms with Crippen molar-refractivity contribution in [1.82, 2.24) is 10.6 Å². The van der Waals surface area contributed by atoms with Gasteiger partial charge in [-0.25, -0.2) is 9.59 Å². The van der Waals surface area contributed by atoms with E-state index in [0.29, 0.717) is 25.7 Å². The topological polar surface area (TPSA) is 105 Å². The van der Waals surface area contributed by atoms with Gasteiger partial charge in [-0.1, -0.05) is 68.3 Å². The number of rotatable bonds is 9. The lowest BCUT2D eigenvalue weighted by Crippen LogP contribution is -2.43. The molecule has 34 heavy (non-hydrogen) atoms. The highest BCUT2D eigenvalue weighted by atomic mass is 16.5. The standard InChI is InChI=1S/C27H32N2O5/c1-2-3-12-24(26(31)32)29-25(30)17-13-14-18(15-17)28-27(33)34-16-23-21-10-6-4-8-19(21)20-9-5-7-11-22(20)23/h4-11,17-18,23-24H,2-3,12-16H2,1H3,(H,28,33)(H,29,30)(H,31,32)/t17-,18+,24-/m0/s1. The van der Waals surface area contributed by atoms with Gasteiger partial charge in [0.25, 0.3) is 0 Å². The number of carboxylic acids is 1. The van der Waals surface area contributed by atoms with Crippen molar-refractivity contribution in [3.63, 3.8) is 0 Å². The van der Waals surface area contributed by atoms with E-state index in [1.165, 1.54) is 11.1 Å². The number of alkyl carbamates (subject to hydrolysis) is 1. The van der Waals surface area contributed by atoms with Gasteiger partial charge in [-0.15, -0.1) is 0 Å². The van der Waals surface area contributed by atoms with E-state index in [1.54, 1.807) is 0 Å². The second-order valence-corrected chi connectivity index (χ2v) is 9.22. The molecule has 2 aliphatic rings. The van der Waals surface area contributed by atoms with E-state index in [9.17, 15) is 19.5 Å². The Morgan fingerprint density at radius 1 is 1.03 bits per heavy atom. The second-order valence-electron chi connectivity index (χ2n) is 9.22. The van der Waals surface area contributed by atoms with Crippen LogP contribution in [0.3, 0.4) is 0 Å². The van der Waals surface area contributed by atoms with Crippen LogP contribution >= 0.6 is 0 Å². The maximum atomic E-state index is 12.6. The molecule has 1 saturated carbocycles. The Morgan fingerprint density at radius 2 is 1.68 bits per heavy atom. The molecule has 0 radical (unpaired) electrons. The lowest BCUT2D eigenvalue weighted by Gasteiger charge is -2.18. The van der Waals surface area contributed by atoms with E-state index in [2.05, 4.69) is 34.9 Å². The summed E-state index contributed by atoms with van der Waals surface area (Å²) in [5.41, 5.74) is 4.67. The zero-order valence-corrected chi connectivity index (χ0v) is 19.5. The van der Waals surface area contributed by atoms with Crippen molar-refractivity contribution in [3.05, 3.63) is 59.7 Å². The molecule has 3 N–H and O–H groups in total. The minimum absolute atomic E-state index is 0.00340. The van der Waals surface area contributed by atoms with Crippen LogP contribution in [-0.2, 0) is 14.3 Å². The minimum Gasteiger partial charge on any atom is -0.480 e. The third kappa shape index (κ3) is 5.24. The van der Waals surface area contributed by atoms with Crippen LogP contribution in [0.15, 0.2) is 48.5 Å². The van der Waals surface area contributed by atoms with Crippen LogP contribution in [0.25, 0.3) is 11.1 Å². The monoisotopic (exact) mass is 464 g/mol. The first-order chi connectivity index (χ1) is 16.5. The Balaban J connectivity index is 1.28. The summed E-state index contributed by atoms with van der Waals surface area (Å²) in [4.78, 5) is 36.5. The summed E-state index contributed by atoms with van der Waals surface area (Å²) in [6.45, 7) is 2.23. The summed E-state index contributed by atoms with van der Waals surface area (Å²) < 4.78 is 5.61. The summed E-state index contributed by atoms with van der Waals surface area (Å²) in [6, 6.07) is 15.3. The number of ether oxygens (including phenoxy) is 1. The second kappa shape index (κ2) is 10.7. The Hall–Kier alpha value is -3.35. The largest absolute Gasteiger partial charge is 0.480 e. The molecular weight excluding hydrogens is 432 g/mol. The lowest BCUT2D eigenvalue weighted by atomic mass is 9.98. The van der Waals surface area contributed by atoms with Crippen molar-refractivity contribution in [3.8, 4) is 11.1 Å². The number of nitrogens with one attached hydrogen (secondary N) is 2. The number of fused-ring (bicyclic) bond motifs is 3. The van der Waals surface area contributed by atoms with Gasteiger partial charge in [0.05, 0.1) is 0 Å². The van der Waals surface area contributed by atoms with E-state index in [1.807, 2.05) is 31.2 Å². The average Bonchev–Trinajstić information content (AvgIpc) is 3.43. The van der Waals surface area contributed by atoms with Crippen LogP contribution in [0.2, 0.25) is 0 Å². The number of unbranched alkanes of at least 4 members (excludes halogenated alkanes) is 1. The van der Waals surface area contributed by atoms with Crippen LogP contribution in [-0.4, -0.2) is 41.8 Å². The predicted molar refractivity (Wildman–Crippen MR) is 128 cm³/mol. The summed E-state index contributed by atoms with van der Waals surface area (Å²) in [6.07, 6.45) is 3.31. The van der Waals surface area contributed by atoms with Gasteiger partial charge >= 0.3 is 12.1 Å². The Morgan fingerprint density at radius 3 is 2.29 bits per heavy atom. The molecule has 2 aromatic rings. The number of benzene rings is 2. The molecular formula is C27H32N2O5. The molecule has 180 valence electrons. The van der Waals surface area contributed by atoms with Gasteiger partial charge in [-0.3, -0.25) is 4.79 Å². The van der Waals surface area contributed by atoms with Crippen LogP contribution in [0.5, 0.6) is 0 Å². The molecule has 0 aromatic heterocycles. The fourth-order valence-corrected chi connectivity index (χ4v) is 5.11. The number of amides is 2. The Kier molecular flexibility index (Phi) is 7.50. The molecule has 0 saturated heterocycles. The van der Waals surface area contributed by atoms with Gasteiger partial charge in [0.15, 0.2) is 0 Å². The van der Waals surface area contributed by atoms with Crippen molar-refractivity contribution in [1.29, 1.82) is 0 Å².